The summed E-state index contributed by atoms with van der Waals surface area (Å²) in [4.78, 5) is 4.31. The molecule has 0 atom stereocenters. The van der Waals surface area contributed by atoms with E-state index in [1.807, 2.05) is 6.07 Å². The molecule has 0 aliphatic heterocycles. The summed E-state index contributed by atoms with van der Waals surface area (Å²) in [6.45, 7) is 2.08. The van der Waals surface area contributed by atoms with Gasteiger partial charge in [-0.25, -0.2) is 10.5 Å². The van der Waals surface area contributed by atoms with Gasteiger partial charge in [0.2, 0.25) is 11.1 Å². The number of thioether (sulfide) groups is 1. The van der Waals surface area contributed by atoms with Crippen molar-refractivity contribution >= 4 is 23.9 Å². The number of hydrogen-bond donors (Lipinski definition) is 2. The molecule has 3 aromatic rings. The van der Waals surface area contributed by atoms with E-state index < -0.39 is 0 Å². The van der Waals surface area contributed by atoms with Gasteiger partial charge in [-0.15, -0.1) is 5.10 Å². The van der Waals surface area contributed by atoms with Crippen LogP contribution in [0.2, 0.25) is 0 Å². The third-order valence-corrected chi connectivity index (χ3v) is 3.74. The smallest absolute Gasteiger partial charge is 0.240 e. The van der Waals surface area contributed by atoms with E-state index in [0.717, 1.165) is 5.75 Å². The van der Waals surface area contributed by atoms with Gasteiger partial charge in [0.1, 0.15) is 5.76 Å². The molecule has 2 N–H and O–H groups in total. The first kappa shape index (κ1) is 14.4. The number of aryl methyl sites for hydroxylation is 1. The SMILES string of the molecule is Cc1cccc(CSc2n[nH]c(N/N=C\c3ccco3)n2)c1. The van der Waals surface area contributed by atoms with Gasteiger partial charge in [0.25, 0.3) is 0 Å². The van der Waals surface area contributed by atoms with Crippen molar-refractivity contribution in [2.24, 2.45) is 5.10 Å². The van der Waals surface area contributed by atoms with Gasteiger partial charge in [0.15, 0.2) is 0 Å². The molecule has 0 saturated heterocycles. The number of aromatic nitrogens is 3. The Morgan fingerprint density at radius 2 is 2.32 bits per heavy atom. The van der Waals surface area contributed by atoms with Crippen LogP contribution in [0.3, 0.4) is 0 Å². The molecule has 7 heteroatoms. The number of benzene rings is 1. The summed E-state index contributed by atoms with van der Waals surface area (Å²) in [5, 5.41) is 11.6. The highest BCUT2D eigenvalue weighted by atomic mass is 32.2. The first-order valence-corrected chi connectivity index (χ1v) is 7.71. The fourth-order valence-electron chi connectivity index (χ4n) is 1.83. The lowest BCUT2D eigenvalue weighted by molar-refractivity contribution is 0.560. The van der Waals surface area contributed by atoms with Crippen molar-refractivity contribution in [1.82, 2.24) is 15.2 Å². The zero-order chi connectivity index (χ0) is 15.2. The molecule has 0 bridgehead atoms. The summed E-state index contributed by atoms with van der Waals surface area (Å²) in [6.07, 6.45) is 3.16. The lowest BCUT2D eigenvalue weighted by Gasteiger charge is -1.99. The summed E-state index contributed by atoms with van der Waals surface area (Å²) in [7, 11) is 0. The minimum absolute atomic E-state index is 0.495. The molecule has 0 aliphatic carbocycles. The summed E-state index contributed by atoms with van der Waals surface area (Å²) in [5.74, 6) is 1.99. The normalized spacial score (nSPS) is 11.1. The summed E-state index contributed by atoms with van der Waals surface area (Å²) in [5.41, 5.74) is 5.28. The van der Waals surface area contributed by atoms with E-state index in [-0.39, 0.29) is 0 Å². The number of H-pyrrole nitrogens is 1. The second kappa shape index (κ2) is 6.95. The lowest BCUT2D eigenvalue weighted by atomic mass is 10.2. The third-order valence-electron chi connectivity index (χ3n) is 2.82. The van der Waals surface area contributed by atoms with Crippen molar-refractivity contribution in [3.8, 4) is 0 Å². The van der Waals surface area contributed by atoms with Crippen LogP contribution in [-0.2, 0) is 5.75 Å². The summed E-state index contributed by atoms with van der Waals surface area (Å²) >= 11 is 1.57. The molecule has 0 aliphatic rings. The second-order valence-corrected chi connectivity index (χ2v) is 5.57. The first-order valence-electron chi connectivity index (χ1n) is 6.73. The molecular formula is C15H15N5OS. The van der Waals surface area contributed by atoms with Gasteiger partial charge >= 0.3 is 0 Å². The molecule has 1 aromatic carbocycles. The van der Waals surface area contributed by atoms with Crippen LogP contribution in [0.15, 0.2) is 57.3 Å². The number of nitrogens with zero attached hydrogens (tertiary/aromatic N) is 3. The topological polar surface area (TPSA) is 79.1 Å². The molecule has 0 unspecified atom stereocenters. The van der Waals surface area contributed by atoms with Crippen molar-refractivity contribution in [2.45, 2.75) is 17.8 Å². The Balaban J connectivity index is 1.52. The largest absolute Gasteiger partial charge is 0.463 e. The standard InChI is InChI=1S/C15H15N5OS/c1-11-4-2-5-12(8-11)10-22-15-17-14(19-20-15)18-16-9-13-6-3-7-21-13/h2-9H,10H2,1H3,(H2,17,18,19,20)/b16-9-. The molecule has 2 aromatic heterocycles. The Kier molecular flexibility index (Phi) is 4.55. The van der Waals surface area contributed by atoms with E-state index >= 15 is 0 Å². The summed E-state index contributed by atoms with van der Waals surface area (Å²) in [6, 6.07) is 12.0. The second-order valence-electron chi connectivity index (χ2n) is 4.63. The highest BCUT2D eigenvalue weighted by molar-refractivity contribution is 7.98. The summed E-state index contributed by atoms with van der Waals surface area (Å²) < 4.78 is 5.13. The fourth-order valence-corrected chi connectivity index (χ4v) is 2.57. The van der Waals surface area contributed by atoms with E-state index in [9.17, 15) is 0 Å². The maximum Gasteiger partial charge on any atom is 0.240 e. The van der Waals surface area contributed by atoms with Crippen molar-refractivity contribution < 1.29 is 4.42 Å². The van der Waals surface area contributed by atoms with E-state index in [0.29, 0.717) is 16.9 Å². The Hall–Kier alpha value is -2.54. The van der Waals surface area contributed by atoms with Crippen molar-refractivity contribution in [3.05, 3.63) is 59.5 Å². The van der Waals surface area contributed by atoms with Gasteiger partial charge in [-0.3, -0.25) is 0 Å². The van der Waals surface area contributed by atoms with Crippen LogP contribution in [0.1, 0.15) is 16.9 Å². The van der Waals surface area contributed by atoms with E-state index in [1.54, 1.807) is 30.3 Å². The molecule has 0 spiro atoms. The van der Waals surface area contributed by atoms with E-state index in [1.165, 1.54) is 11.1 Å². The Labute approximate surface area is 132 Å². The van der Waals surface area contributed by atoms with Crippen molar-refractivity contribution in [3.63, 3.8) is 0 Å². The number of anilines is 1. The molecule has 0 amide bonds. The molecule has 0 radical (unpaired) electrons. The molecule has 0 saturated carbocycles. The van der Waals surface area contributed by atoms with Crippen LogP contribution in [0.4, 0.5) is 5.95 Å². The molecule has 2 heterocycles. The molecule has 112 valence electrons. The molecule has 22 heavy (non-hydrogen) atoms. The lowest BCUT2D eigenvalue weighted by Crippen LogP contribution is -1.91. The van der Waals surface area contributed by atoms with Crippen LogP contribution in [0.25, 0.3) is 0 Å². The Morgan fingerprint density at radius 1 is 1.36 bits per heavy atom. The van der Waals surface area contributed by atoms with Crippen LogP contribution in [-0.4, -0.2) is 21.4 Å². The molecular weight excluding hydrogens is 298 g/mol. The maximum atomic E-state index is 5.13. The predicted molar refractivity (Wildman–Crippen MR) is 87.0 cm³/mol. The van der Waals surface area contributed by atoms with Gasteiger partial charge in [-0.2, -0.15) is 10.1 Å². The van der Waals surface area contributed by atoms with E-state index in [2.05, 4.69) is 56.9 Å². The third kappa shape index (κ3) is 3.98. The number of furan rings is 1. The minimum Gasteiger partial charge on any atom is -0.463 e. The van der Waals surface area contributed by atoms with Crippen molar-refractivity contribution in [1.29, 1.82) is 0 Å². The van der Waals surface area contributed by atoms with Gasteiger partial charge in [0, 0.05) is 5.75 Å². The number of rotatable bonds is 6. The highest BCUT2D eigenvalue weighted by Crippen LogP contribution is 2.20. The number of hydrazone groups is 1. The Morgan fingerprint density at radius 3 is 3.14 bits per heavy atom. The number of nitrogens with one attached hydrogen (secondary N) is 2. The average molecular weight is 313 g/mol. The number of aromatic amines is 1. The van der Waals surface area contributed by atoms with Gasteiger partial charge < -0.3 is 4.42 Å². The molecule has 3 rings (SSSR count). The predicted octanol–water partition coefficient (Wildman–Crippen LogP) is 3.44. The molecule has 6 nitrogen and oxygen atoms in total. The zero-order valence-electron chi connectivity index (χ0n) is 12.0. The van der Waals surface area contributed by atoms with Crippen LogP contribution in [0, 0.1) is 6.92 Å². The van der Waals surface area contributed by atoms with Crippen LogP contribution >= 0.6 is 11.8 Å². The van der Waals surface area contributed by atoms with Gasteiger partial charge in [0.05, 0.1) is 12.5 Å². The minimum atomic E-state index is 0.495. The highest BCUT2D eigenvalue weighted by Gasteiger charge is 2.03. The van der Waals surface area contributed by atoms with E-state index in [4.69, 9.17) is 4.42 Å². The van der Waals surface area contributed by atoms with Gasteiger partial charge in [-0.05, 0) is 24.6 Å². The fraction of sp³-hybridized carbons (Fsp3) is 0.133. The van der Waals surface area contributed by atoms with Crippen LogP contribution in [0.5, 0.6) is 0 Å². The quantitative estimate of drug-likeness (QED) is 0.414. The maximum absolute atomic E-state index is 5.13. The van der Waals surface area contributed by atoms with Gasteiger partial charge in [-0.1, -0.05) is 41.6 Å². The zero-order valence-corrected chi connectivity index (χ0v) is 12.8. The monoisotopic (exact) mass is 313 g/mol. The number of hydrogen-bond acceptors (Lipinski definition) is 6. The Bertz CT molecular complexity index is 751. The van der Waals surface area contributed by atoms with Crippen molar-refractivity contribution in [2.75, 3.05) is 5.43 Å². The molecule has 0 fully saturated rings. The van der Waals surface area contributed by atoms with Crippen LogP contribution < -0.4 is 5.43 Å². The average Bonchev–Trinajstić information content (AvgIpc) is 3.17. The first-order chi connectivity index (χ1) is 10.8.